The van der Waals surface area contributed by atoms with Gasteiger partial charge in [0, 0.05) is 5.56 Å². The fraction of sp³-hybridized carbons (Fsp3) is 0.333. The smallest absolute Gasteiger partial charge is 0.134 e. The monoisotopic (exact) mass is 299 g/mol. The predicted molar refractivity (Wildman–Crippen MR) is 62.5 cm³/mol. The van der Waals surface area contributed by atoms with Gasteiger partial charge >= 0.3 is 0 Å². The zero-order valence-electron chi connectivity index (χ0n) is 8.04. The number of phenols is 1. The second-order valence-corrected chi connectivity index (χ2v) is 3.66. The molecular weight excluding hydrogens is 288 g/mol. The van der Waals surface area contributed by atoms with Crippen LogP contribution in [0.3, 0.4) is 0 Å². The first-order chi connectivity index (χ1) is 6.60. The summed E-state index contributed by atoms with van der Waals surface area (Å²) in [6.45, 7) is -0.729. The van der Waals surface area contributed by atoms with Crippen LogP contribution >= 0.6 is 28.3 Å². The number of ether oxygens (including phenoxy) is 1. The van der Waals surface area contributed by atoms with Crippen LogP contribution in [0.2, 0.25) is 0 Å². The molecule has 0 saturated carbocycles. The van der Waals surface area contributed by atoms with Crippen LogP contribution in [0.15, 0.2) is 16.6 Å². The molecule has 0 bridgehead atoms. The van der Waals surface area contributed by atoms with Crippen molar-refractivity contribution in [3.05, 3.63) is 22.2 Å². The summed E-state index contributed by atoms with van der Waals surface area (Å²) in [5, 5.41) is 9.57. The molecule has 1 aromatic carbocycles. The lowest BCUT2D eigenvalue weighted by Crippen LogP contribution is -2.12. The van der Waals surface area contributed by atoms with Crippen molar-refractivity contribution in [2.24, 2.45) is 5.73 Å². The van der Waals surface area contributed by atoms with Crippen molar-refractivity contribution in [1.29, 1.82) is 0 Å². The van der Waals surface area contributed by atoms with Crippen molar-refractivity contribution in [2.45, 2.75) is 6.04 Å². The van der Waals surface area contributed by atoms with Crippen LogP contribution < -0.4 is 10.5 Å². The van der Waals surface area contributed by atoms with Gasteiger partial charge in [0.2, 0.25) is 0 Å². The van der Waals surface area contributed by atoms with Crippen LogP contribution in [0.4, 0.5) is 4.39 Å². The minimum absolute atomic E-state index is 0. The molecule has 6 heteroatoms. The van der Waals surface area contributed by atoms with Gasteiger partial charge in [-0.15, -0.1) is 12.4 Å². The summed E-state index contributed by atoms with van der Waals surface area (Å²) in [4.78, 5) is 0. The zero-order valence-corrected chi connectivity index (χ0v) is 10.4. The maximum atomic E-state index is 12.3. The van der Waals surface area contributed by atoms with Crippen molar-refractivity contribution in [1.82, 2.24) is 0 Å². The first-order valence-corrected chi connectivity index (χ1v) is 4.77. The molecule has 0 unspecified atom stereocenters. The highest BCUT2D eigenvalue weighted by molar-refractivity contribution is 9.10. The average Bonchev–Trinajstić information content (AvgIpc) is 2.20. The number of nitrogens with two attached hydrogens (primary N) is 1. The van der Waals surface area contributed by atoms with Gasteiger partial charge in [-0.2, -0.15) is 0 Å². The zero-order chi connectivity index (χ0) is 10.7. The fourth-order valence-electron chi connectivity index (χ4n) is 1.08. The Bertz CT molecular complexity index is 338. The number of rotatable bonds is 3. The second kappa shape index (κ2) is 6.15. The summed E-state index contributed by atoms with van der Waals surface area (Å²) in [7, 11) is 1.49. The number of hydrogen-bond acceptors (Lipinski definition) is 3. The molecule has 3 nitrogen and oxygen atoms in total. The summed E-state index contributed by atoms with van der Waals surface area (Å²) < 4.78 is 17.7. The number of alkyl halides is 1. The molecule has 0 aliphatic rings. The van der Waals surface area contributed by atoms with E-state index in [-0.39, 0.29) is 18.2 Å². The molecule has 86 valence electrons. The standard InChI is InChI=1S/C9H11BrFNO2.ClH/c1-14-5-2-6(8(12)4-11)9(13)7(10)3-5;/h2-3,8,13H,4,12H2,1H3;1H/t8-;/m1./s1. The number of benzene rings is 1. The van der Waals surface area contributed by atoms with Crippen LogP contribution in [-0.4, -0.2) is 18.9 Å². The molecule has 0 aliphatic carbocycles. The Kier molecular flexibility index (Phi) is 5.93. The van der Waals surface area contributed by atoms with Gasteiger partial charge in [0.15, 0.2) is 0 Å². The molecule has 0 aromatic heterocycles. The van der Waals surface area contributed by atoms with Crippen molar-refractivity contribution < 1.29 is 14.2 Å². The van der Waals surface area contributed by atoms with E-state index in [1.165, 1.54) is 13.2 Å². The highest BCUT2D eigenvalue weighted by atomic mass is 79.9. The Hall–Kier alpha value is -0.520. The maximum absolute atomic E-state index is 12.3. The lowest BCUT2D eigenvalue weighted by Gasteiger charge is -2.12. The van der Waals surface area contributed by atoms with Gasteiger partial charge in [0.1, 0.15) is 18.2 Å². The number of methoxy groups -OCH3 is 1. The normalized spacial score (nSPS) is 11.7. The molecule has 0 aliphatic heterocycles. The second-order valence-electron chi connectivity index (χ2n) is 2.81. The fourth-order valence-corrected chi connectivity index (χ4v) is 1.53. The van der Waals surface area contributed by atoms with Crippen LogP contribution in [0.25, 0.3) is 0 Å². The predicted octanol–water partition coefficient (Wildman–Crippen LogP) is 2.55. The van der Waals surface area contributed by atoms with E-state index in [4.69, 9.17) is 10.5 Å². The highest BCUT2D eigenvalue weighted by Gasteiger charge is 2.14. The van der Waals surface area contributed by atoms with Gasteiger partial charge in [-0.1, -0.05) is 0 Å². The van der Waals surface area contributed by atoms with Crippen molar-refractivity contribution in [2.75, 3.05) is 13.8 Å². The van der Waals surface area contributed by atoms with E-state index in [1.807, 2.05) is 0 Å². The summed E-state index contributed by atoms with van der Waals surface area (Å²) >= 11 is 3.13. The SMILES string of the molecule is COc1cc(Br)c(O)c([C@H](N)CF)c1.Cl. The Balaban J connectivity index is 0.00000196. The molecule has 1 aromatic rings. The van der Waals surface area contributed by atoms with Gasteiger partial charge in [-0.05, 0) is 28.1 Å². The van der Waals surface area contributed by atoms with Crippen molar-refractivity contribution in [3.63, 3.8) is 0 Å². The third-order valence-corrected chi connectivity index (χ3v) is 2.47. The molecule has 0 saturated heterocycles. The van der Waals surface area contributed by atoms with E-state index < -0.39 is 12.7 Å². The van der Waals surface area contributed by atoms with Gasteiger partial charge in [0.25, 0.3) is 0 Å². The Labute approximate surface area is 102 Å². The molecule has 1 rings (SSSR count). The number of aromatic hydroxyl groups is 1. The van der Waals surface area contributed by atoms with E-state index in [0.717, 1.165) is 0 Å². The molecule has 0 fully saturated rings. The van der Waals surface area contributed by atoms with E-state index in [0.29, 0.717) is 15.8 Å². The summed E-state index contributed by atoms with van der Waals surface area (Å²) in [5.74, 6) is 0.476. The number of phenolic OH excluding ortho intramolecular Hbond substituents is 1. The first kappa shape index (κ1) is 14.5. The van der Waals surface area contributed by atoms with Gasteiger partial charge in [-0.3, -0.25) is 0 Å². The van der Waals surface area contributed by atoms with E-state index in [1.54, 1.807) is 6.07 Å². The van der Waals surface area contributed by atoms with Gasteiger partial charge in [-0.25, -0.2) is 4.39 Å². The summed E-state index contributed by atoms with van der Waals surface area (Å²) in [6.07, 6.45) is 0. The average molecular weight is 301 g/mol. The molecule has 1 atom stereocenters. The number of halogens is 3. The molecule has 0 radical (unpaired) electrons. The van der Waals surface area contributed by atoms with Crippen LogP contribution in [-0.2, 0) is 0 Å². The third kappa shape index (κ3) is 3.22. The minimum Gasteiger partial charge on any atom is -0.506 e. The van der Waals surface area contributed by atoms with Crippen LogP contribution in [0.1, 0.15) is 11.6 Å². The lowest BCUT2D eigenvalue weighted by atomic mass is 10.1. The van der Waals surface area contributed by atoms with Crippen molar-refractivity contribution in [3.8, 4) is 11.5 Å². The number of hydrogen-bond donors (Lipinski definition) is 2. The minimum atomic E-state index is -0.832. The Morgan fingerprint density at radius 2 is 2.20 bits per heavy atom. The van der Waals surface area contributed by atoms with Crippen molar-refractivity contribution >= 4 is 28.3 Å². The molecule has 3 N–H and O–H groups in total. The topological polar surface area (TPSA) is 55.5 Å². The maximum Gasteiger partial charge on any atom is 0.134 e. The molecule has 0 spiro atoms. The summed E-state index contributed by atoms with van der Waals surface area (Å²) in [5.41, 5.74) is 5.81. The molecular formula is C9H12BrClFNO2. The van der Waals surface area contributed by atoms with Crippen LogP contribution in [0.5, 0.6) is 11.5 Å². The van der Waals surface area contributed by atoms with Gasteiger partial charge < -0.3 is 15.6 Å². The first-order valence-electron chi connectivity index (χ1n) is 3.98. The van der Waals surface area contributed by atoms with E-state index in [9.17, 15) is 9.50 Å². The van der Waals surface area contributed by atoms with E-state index in [2.05, 4.69) is 15.9 Å². The molecule has 0 heterocycles. The Morgan fingerprint density at radius 1 is 1.60 bits per heavy atom. The lowest BCUT2D eigenvalue weighted by molar-refractivity contribution is 0.397. The third-order valence-electron chi connectivity index (χ3n) is 1.87. The Morgan fingerprint density at radius 3 is 2.67 bits per heavy atom. The van der Waals surface area contributed by atoms with Crippen LogP contribution in [0, 0.1) is 0 Å². The summed E-state index contributed by atoms with van der Waals surface area (Å²) in [6, 6.07) is 2.27. The van der Waals surface area contributed by atoms with Gasteiger partial charge in [0.05, 0.1) is 17.6 Å². The molecule has 0 amide bonds. The molecule has 15 heavy (non-hydrogen) atoms. The highest BCUT2D eigenvalue weighted by Crippen LogP contribution is 2.35. The largest absolute Gasteiger partial charge is 0.506 e. The van der Waals surface area contributed by atoms with E-state index >= 15 is 0 Å². The quantitative estimate of drug-likeness (QED) is 0.902.